The number of esters is 1. The third-order valence-electron chi connectivity index (χ3n) is 3.61. The number of aromatic nitrogens is 2. The fourth-order valence-electron chi connectivity index (χ4n) is 2.45. The average Bonchev–Trinajstić information content (AvgIpc) is 2.54. The minimum Gasteiger partial charge on any atom is -0.459 e. The first-order valence-electron chi connectivity index (χ1n) is 7.94. The van der Waals surface area contributed by atoms with Gasteiger partial charge in [0.05, 0.1) is 22.4 Å². The number of halogens is 4. The second-order valence-electron chi connectivity index (χ2n) is 5.83. The van der Waals surface area contributed by atoms with Gasteiger partial charge in [-0.25, -0.2) is 23.1 Å². The first-order chi connectivity index (χ1) is 12.6. The predicted octanol–water partition coefficient (Wildman–Crippen LogP) is 3.31. The first kappa shape index (κ1) is 20.8. The van der Waals surface area contributed by atoms with Crippen LogP contribution in [0.3, 0.4) is 0 Å². The second-order valence-corrected chi connectivity index (χ2v) is 6.24. The lowest BCUT2D eigenvalue weighted by molar-refractivity contribution is 0.0377. The summed E-state index contributed by atoms with van der Waals surface area (Å²) >= 11 is 5.84. The van der Waals surface area contributed by atoms with E-state index in [-0.39, 0.29) is 31.8 Å². The molecule has 1 aromatic carbocycles. The monoisotopic (exact) mass is 404 g/mol. The summed E-state index contributed by atoms with van der Waals surface area (Å²) in [6, 6.07) is 2.35. The molecule has 0 spiro atoms. The lowest BCUT2D eigenvalue weighted by atomic mass is 10.2. The Morgan fingerprint density at radius 1 is 1.22 bits per heavy atom. The highest BCUT2D eigenvalue weighted by atomic mass is 35.5. The summed E-state index contributed by atoms with van der Waals surface area (Å²) in [7, 11) is 0. The molecule has 2 rings (SSSR count). The Balaban J connectivity index is 2.79. The lowest BCUT2D eigenvalue weighted by Gasteiger charge is -2.15. The van der Waals surface area contributed by atoms with Crippen LogP contribution in [0.1, 0.15) is 43.4 Å². The Morgan fingerprint density at radius 3 is 2.37 bits per heavy atom. The summed E-state index contributed by atoms with van der Waals surface area (Å²) in [5, 5.41) is -0.311. The Hall–Kier alpha value is -2.55. The van der Waals surface area contributed by atoms with Gasteiger partial charge in [0, 0.05) is 11.8 Å². The first-order valence-corrected chi connectivity index (χ1v) is 8.32. The Kier molecular flexibility index (Phi) is 6.15. The number of rotatable bonds is 5. The standard InChI is InChI=1S/C17H16ClF3N2O4/c1-4-9-5-14(24)23(17(26)22(9)16(20)21)13-6-10(11(18)7-12(13)19)15(25)27-8(2)3/h5-8,16H,4H2,1-3H3. The molecule has 27 heavy (non-hydrogen) atoms. The van der Waals surface area contributed by atoms with E-state index >= 15 is 0 Å². The molecule has 0 unspecified atom stereocenters. The number of hydrogen-bond acceptors (Lipinski definition) is 4. The third-order valence-corrected chi connectivity index (χ3v) is 3.93. The van der Waals surface area contributed by atoms with Crippen LogP contribution in [-0.4, -0.2) is 21.2 Å². The zero-order chi connectivity index (χ0) is 20.5. The van der Waals surface area contributed by atoms with E-state index in [0.29, 0.717) is 6.07 Å². The van der Waals surface area contributed by atoms with Crippen molar-refractivity contribution in [3.63, 3.8) is 0 Å². The molecule has 0 radical (unpaired) electrons. The van der Waals surface area contributed by atoms with Crippen LogP contribution in [0.4, 0.5) is 13.2 Å². The van der Waals surface area contributed by atoms with Gasteiger partial charge in [-0.2, -0.15) is 8.78 Å². The maximum Gasteiger partial charge on any atom is 0.340 e. The number of hydrogen-bond donors (Lipinski definition) is 0. The van der Waals surface area contributed by atoms with Gasteiger partial charge in [-0.05, 0) is 32.4 Å². The molecule has 0 N–H and O–H groups in total. The highest BCUT2D eigenvalue weighted by Crippen LogP contribution is 2.24. The van der Waals surface area contributed by atoms with Crippen molar-refractivity contribution in [2.24, 2.45) is 0 Å². The molecule has 0 aliphatic rings. The molecule has 0 amide bonds. The van der Waals surface area contributed by atoms with E-state index in [0.717, 1.165) is 12.1 Å². The zero-order valence-electron chi connectivity index (χ0n) is 14.6. The van der Waals surface area contributed by atoms with Crippen molar-refractivity contribution >= 4 is 17.6 Å². The Bertz CT molecular complexity index is 999. The van der Waals surface area contributed by atoms with Crippen molar-refractivity contribution in [2.45, 2.75) is 39.8 Å². The molecular weight excluding hydrogens is 389 g/mol. The van der Waals surface area contributed by atoms with E-state index in [2.05, 4.69) is 0 Å². The van der Waals surface area contributed by atoms with Gasteiger partial charge >= 0.3 is 18.2 Å². The summed E-state index contributed by atoms with van der Waals surface area (Å²) in [6.07, 6.45) is -0.519. The molecule has 0 saturated carbocycles. The van der Waals surface area contributed by atoms with Gasteiger partial charge in [0.15, 0.2) is 0 Å². The minimum absolute atomic E-state index is 0.00920. The molecule has 1 aromatic heterocycles. The fraction of sp³-hybridized carbons (Fsp3) is 0.353. The summed E-state index contributed by atoms with van der Waals surface area (Å²) < 4.78 is 46.2. The molecule has 0 atom stereocenters. The van der Waals surface area contributed by atoms with E-state index in [9.17, 15) is 27.6 Å². The Labute approximate surface area is 156 Å². The molecular formula is C17H16ClF3N2O4. The lowest BCUT2D eigenvalue weighted by Crippen LogP contribution is -2.40. The molecule has 1 heterocycles. The van der Waals surface area contributed by atoms with Gasteiger partial charge in [0.1, 0.15) is 5.82 Å². The van der Waals surface area contributed by atoms with Crippen LogP contribution in [0.15, 0.2) is 27.8 Å². The largest absolute Gasteiger partial charge is 0.459 e. The number of carbonyl (C=O) groups excluding carboxylic acids is 1. The summed E-state index contributed by atoms with van der Waals surface area (Å²) in [5.74, 6) is -2.05. The van der Waals surface area contributed by atoms with Crippen LogP contribution in [0.5, 0.6) is 0 Å². The fourth-order valence-corrected chi connectivity index (χ4v) is 2.67. The van der Waals surface area contributed by atoms with Crippen molar-refractivity contribution in [1.29, 1.82) is 0 Å². The Morgan fingerprint density at radius 2 is 1.85 bits per heavy atom. The van der Waals surface area contributed by atoms with E-state index in [1.807, 2.05) is 0 Å². The smallest absolute Gasteiger partial charge is 0.340 e. The maximum absolute atomic E-state index is 14.4. The van der Waals surface area contributed by atoms with Crippen molar-refractivity contribution in [2.75, 3.05) is 0 Å². The normalized spacial score (nSPS) is 11.3. The van der Waals surface area contributed by atoms with Gasteiger partial charge in [0.2, 0.25) is 0 Å². The summed E-state index contributed by atoms with van der Waals surface area (Å²) in [6.45, 7) is 1.40. The van der Waals surface area contributed by atoms with Crippen molar-refractivity contribution in [3.8, 4) is 5.69 Å². The quantitative estimate of drug-likeness (QED) is 0.717. The van der Waals surface area contributed by atoms with E-state index in [4.69, 9.17) is 16.3 Å². The topological polar surface area (TPSA) is 70.3 Å². The molecule has 6 nitrogen and oxygen atoms in total. The van der Waals surface area contributed by atoms with Crippen LogP contribution in [0.2, 0.25) is 5.02 Å². The van der Waals surface area contributed by atoms with Crippen molar-refractivity contribution < 1.29 is 22.7 Å². The van der Waals surface area contributed by atoms with Gasteiger partial charge in [0.25, 0.3) is 5.56 Å². The molecule has 0 fully saturated rings. The number of aryl methyl sites for hydroxylation is 1. The van der Waals surface area contributed by atoms with Crippen LogP contribution >= 0.6 is 11.6 Å². The number of nitrogens with zero attached hydrogens (tertiary/aromatic N) is 2. The molecule has 0 bridgehead atoms. The summed E-state index contributed by atoms with van der Waals surface area (Å²) in [4.78, 5) is 36.8. The van der Waals surface area contributed by atoms with Crippen LogP contribution in [-0.2, 0) is 11.2 Å². The van der Waals surface area contributed by atoms with Crippen molar-refractivity contribution in [1.82, 2.24) is 9.13 Å². The van der Waals surface area contributed by atoms with Gasteiger partial charge < -0.3 is 4.74 Å². The molecule has 146 valence electrons. The van der Waals surface area contributed by atoms with Gasteiger partial charge in [-0.3, -0.25) is 4.79 Å². The van der Waals surface area contributed by atoms with Gasteiger partial charge in [-0.1, -0.05) is 18.5 Å². The van der Waals surface area contributed by atoms with Crippen molar-refractivity contribution in [3.05, 3.63) is 61.1 Å². The van der Waals surface area contributed by atoms with E-state index in [1.54, 1.807) is 13.8 Å². The molecule has 2 aromatic rings. The molecule has 0 saturated heterocycles. The van der Waals surface area contributed by atoms with Crippen LogP contribution in [0, 0.1) is 5.82 Å². The molecule has 10 heteroatoms. The molecule has 0 aliphatic carbocycles. The van der Waals surface area contributed by atoms with Crippen LogP contribution < -0.4 is 11.2 Å². The predicted molar refractivity (Wildman–Crippen MR) is 92.4 cm³/mol. The van der Waals surface area contributed by atoms with E-state index < -0.39 is 41.4 Å². The number of alkyl halides is 2. The average molecular weight is 405 g/mol. The van der Waals surface area contributed by atoms with Gasteiger partial charge in [-0.15, -0.1) is 0 Å². The maximum atomic E-state index is 14.4. The number of carbonyl (C=O) groups is 1. The third kappa shape index (κ3) is 4.08. The zero-order valence-corrected chi connectivity index (χ0v) is 15.4. The highest BCUT2D eigenvalue weighted by molar-refractivity contribution is 6.33. The molecule has 0 aliphatic heterocycles. The minimum atomic E-state index is -3.24. The second kappa shape index (κ2) is 7.99. The summed E-state index contributed by atoms with van der Waals surface area (Å²) in [5.41, 5.74) is -3.64. The number of benzene rings is 1. The van der Waals surface area contributed by atoms with E-state index in [1.165, 1.54) is 6.92 Å². The number of ether oxygens (including phenoxy) is 1. The SMILES string of the molecule is CCc1cc(=O)n(-c2cc(C(=O)OC(C)C)c(Cl)cc2F)c(=O)n1C(F)F. The van der Waals surface area contributed by atoms with Crippen LogP contribution in [0.25, 0.3) is 5.69 Å². The highest BCUT2D eigenvalue weighted by Gasteiger charge is 2.23.